The van der Waals surface area contributed by atoms with E-state index in [2.05, 4.69) is 0 Å². The maximum absolute atomic E-state index is 13.7. The predicted octanol–water partition coefficient (Wildman–Crippen LogP) is 5.78. The third kappa shape index (κ3) is 4.08. The van der Waals surface area contributed by atoms with Crippen LogP contribution >= 0.6 is 23.2 Å². The fraction of sp³-hybridized carbons (Fsp3) is 0.120. The molecule has 4 rings (SSSR count). The number of Topliss-reactive ketones (excluding diaryl/α,β-unsaturated/α-hetero) is 1. The fourth-order valence-electron chi connectivity index (χ4n) is 3.85. The zero-order valence-corrected chi connectivity index (χ0v) is 19.5. The van der Waals surface area contributed by atoms with Crippen LogP contribution in [0.3, 0.4) is 0 Å². The zero-order valence-electron chi connectivity index (χ0n) is 18.0. The first kappa shape index (κ1) is 23.6. The third-order valence-corrected chi connectivity index (χ3v) is 6.01. The molecule has 174 valence electrons. The Balaban J connectivity index is 1.99. The molecule has 0 spiro atoms. The van der Waals surface area contributed by atoms with Gasteiger partial charge < -0.3 is 14.6 Å². The number of anilines is 1. The number of halogens is 3. The molecule has 6 nitrogen and oxygen atoms in total. The number of rotatable bonds is 5. The van der Waals surface area contributed by atoms with Crippen LogP contribution in [0.25, 0.3) is 5.76 Å². The van der Waals surface area contributed by atoms with Crippen LogP contribution in [0.15, 0.2) is 66.2 Å². The second-order valence-corrected chi connectivity index (χ2v) is 8.23. The largest absolute Gasteiger partial charge is 0.507 e. The Morgan fingerprint density at radius 1 is 0.941 bits per heavy atom. The van der Waals surface area contributed by atoms with E-state index in [0.29, 0.717) is 16.3 Å². The van der Waals surface area contributed by atoms with Crippen molar-refractivity contribution in [2.24, 2.45) is 0 Å². The smallest absolute Gasteiger partial charge is 0.300 e. The monoisotopic (exact) mass is 501 g/mol. The zero-order chi connectivity index (χ0) is 24.6. The highest BCUT2D eigenvalue weighted by Gasteiger charge is 2.47. The van der Waals surface area contributed by atoms with Crippen LogP contribution < -0.4 is 14.4 Å². The SMILES string of the molecule is COc1cc(/C(O)=C2\C(=O)C(=O)N(c3ccc(Cl)cc3)C2c2ccc(F)cc2)c(OC)cc1Cl. The van der Waals surface area contributed by atoms with E-state index in [-0.39, 0.29) is 27.7 Å². The first-order chi connectivity index (χ1) is 16.3. The summed E-state index contributed by atoms with van der Waals surface area (Å²) in [7, 11) is 2.77. The van der Waals surface area contributed by atoms with E-state index in [1.54, 1.807) is 24.3 Å². The number of carbonyl (C=O) groups excluding carboxylic acids is 2. The number of hydrogen-bond donors (Lipinski definition) is 1. The number of nitrogens with zero attached hydrogens (tertiary/aromatic N) is 1. The van der Waals surface area contributed by atoms with Crippen molar-refractivity contribution in [3.63, 3.8) is 0 Å². The van der Waals surface area contributed by atoms with Gasteiger partial charge in [-0.3, -0.25) is 14.5 Å². The quantitative estimate of drug-likeness (QED) is 0.272. The van der Waals surface area contributed by atoms with Gasteiger partial charge in [0.05, 0.1) is 36.4 Å². The maximum Gasteiger partial charge on any atom is 0.300 e. The molecular formula is C25H18Cl2FNO5. The molecule has 0 saturated carbocycles. The summed E-state index contributed by atoms with van der Waals surface area (Å²) in [5, 5.41) is 12.0. The molecule has 1 aliphatic heterocycles. The lowest BCUT2D eigenvalue weighted by molar-refractivity contribution is -0.132. The van der Waals surface area contributed by atoms with Crippen molar-refractivity contribution in [3.05, 3.63) is 93.2 Å². The number of aliphatic hydroxyl groups excluding tert-OH is 1. The number of amides is 1. The molecule has 0 bridgehead atoms. The van der Waals surface area contributed by atoms with Gasteiger partial charge >= 0.3 is 0 Å². The molecule has 3 aromatic carbocycles. The van der Waals surface area contributed by atoms with Gasteiger partial charge in [0, 0.05) is 16.8 Å². The van der Waals surface area contributed by atoms with Gasteiger partial charge in [0.1, 0.15) is 23.1 Å². The van der Waals surface area contributed by atoms with Gasteiger partial charge in [-0.25, -0.2) is 4.39 Å². The van der Waals surface area contributed by atoms with Gasteiger partial charge in [-0.05, 0) is 48.0 Å². The van der Waals surface area contributed by atoms with E-state index in [0.717, 1.165) is 0 Å². The number of carbonyl (C=O) groups is 2. The Morgan fingerprint density at radius 3 is 2.15 bits per heavy atom. The standard InChI is InChI=1S/C25H18Cl2FNO5/c1-33-19-12-18(27)20(34-2)11-17(19)23(30)21-22(13-3-7-15(28)8-4-13)29(25(32)24(21)31)16-9-5-14(26)6-10-16/h3-12,22,30H,1-2H3/b23-21+. The Bertz CT molecular complexity index is 1310. The minimum absolute atomic E-state index is 0.102. The van der Waals surface area contributed by atoms with E-state index < -0.39 is 29.3 Å². The van der Waals surface area contributed by atoms with Crippen LogP contribution in [0, 0.1) is 5.82 Å². The molecule has 1 N–H and O–H groups in total. The summed E-state index contributed by atoms with van der Waals surface area (Å²) in [5.41, 5.74) is 0.691. The van der Waals surface area contributed by atoms with Gasteiger partial charge in [-0.1, -0.05) is 35.3 Å². The minimum Gasteiger partial charge on any atom is -0.507 e. The molecule has 3 aromatic rings. The van der Waals surface area contributed by atoms with Crippen molar-refractivity contribution >= 4 is 46.3 Å². The van der Waals surface area contributed by atoms with Crippen molar-refractivity contribution in [2.75, 3.05) is 19.1 Å². The Morgan fingerprint density at radius 2 is 1.56 bits per heavy atom. The number of benzene rings is 3. The molecule has 0 aromatic heterocycles. The number of aliphatic hydroxyl groups is 1. The second kappa shape index (κ2) is 9.37. The molecule has 1 fully saturated rings. The molecule has 0 aliphatic carbocycles. The average Bonchev–Trinajstić information content (AvgIpc) is 3.10. The van der Waals surface area contributed by atoms with Gasteiger partial charge in [-0.2, -0.15) is 0 Å². The Kier molecular flexibility index (Phi) is 6.50. The van der Waals surface area contributed by atoms with E-state index >= 15 is 0 Å². The molecule has 1 heterocycles. The Hall–Kier alpha value is -3.55. The van der Waals surface area contributed by atoms with E-state index in [1.165, 1.54) is 55.5 Å². The van der Waals surface area contributed by atoms with Gasteiger partial charge in [0.2, 0.25) is 0 Å². The molecule has 1 saturated heterocycles. The van der Waals surface area contributed by atoms with E-state index in [4.69, 9.17) is 32.7 Å². The van der Waals surface area contributed by atoms with Crippen LogP contribution in [0.4, 0.5) is 10.1 Å². The molecule has 1 atom stereocenters. The summed E-state index contributed by atoms with van der Waals surface area (Å²) >= 11 is 12.2. The normalized spacial score (nSPS) is 17.2. The van der Waals surface area contributed by atoms with Crippen molar-refractivity contribution in [3.8, 4) is 11.5 Å². The highest BCUT2D eigenvalue weighted by molar-refractivity contribution is 6.51. The maximum atomic E-state index is 13.7. The van der Waals surface area contributed by atoms with E-state index in [9.17, 15) is 19.1 Å². The highest BCUT2D eigenvalue weighted by Crippen LogP contribution is 2.44. The lowest BCUT2D eigenvalue weighted by atomic mass is 9.94. The van der Waals surface area contributed by atoms with Crippen molar-refractivity contribution < 1.29 is 28.6 Å². The number of methoxy groups -OCH3 is 2. The first-order valence-electron chi connectivity index (χ1n) is 10.0. The molecule has 1 aliphatic rings. The third-order valence-electron chi connectivity index (χ3n) is 5.46. The van der Waals surface area contributed by atoms with Gasteiger partial charge in [0.25, 0.3) is 11.7 Å². The van der Waals surface area contributed by atoms with Crippen molar-refractivity contribution in [1.82, 2.24) is 0 Å². The van der Waals surface area contributed by atoms with Gasteiger partial charge in [-0.15, -0.1) is 0 Å². The summed E-state index contributed by atoms with van der Waals surface area (Å²) in [4.78, 5) is 27.6. The molecule has 0 radical (unpaired) electrons. The summed E-state index contributed by atoms with van der Waals surface area (Å²) < 4.78 is 24.2. The van der Waals surface area contributed by atoms with Crippen molar-refractivity contribution in [1.29, 1.82) is 0 Å². The van der Waals surface area contributed by atoms with E-state index in [1.807, 2.05) is 0 Å². The average molecular weight is 502 g/mol. The summed E-state index contributed by atoms with van der Waals surface area (Å²) in [6.45, 7) is 0. The molecule has 1 amide bonds. The van der Waals surface area contributed by atoms with Crippen LogP contribution in [-0.4, -0.2) is 31.0 Å². The summed E-state index contributed by atoms with van der Waals surface area (Å²) in [6.07, 6.45) is 0. The van der Waals surface area contributed by atoms with Crippen LogP contribution in [0.5, 0.6) is 11.5 Å². The van der Waals surface area contributed by atoms with Crippen molar-refractivity contribution in [2.45, 2.75) is 6.04 Å². The Labute approximate surface area is 204 Å². The molecule has 9 heteroatoms. The van der Waals surface area contributed by atoms with Crippen LogP contribution in [-0.2, 0) is 9.59 Å². The predicted molar refractivity (Wildman–Crippen MR) is 127 cm³/mol. The molecule has 1 unspecified atom stereocenters. The topological polar surface area (TPSA) is 76.1 Å². The van der Waals surface area contributed by atoms with Gasteiger partial charge in [0.15, 0.2) is 0 Å². The number of ether oxygens (including phenoxy) is 2. The summed E-state index contributed by atoms with van der Waals surface area (Å²) in [6, 6.07) is 13.4. The van der Waals surface area contributed by atoms with Crippen LogP contribution in [0.2, 0.25) is 10.0 Å². The number of hydrogen-bond acceptors (Lipinski definition) is 5. The lowest BCUT2D eigenvalue weighted by Crippen LogP contribution is -2.29. The summed E-state index contributed by atoms with van der Waals surface area (Å²) in [5.74, 6) is -2.36. The first-order valence-corrected chi connectivity index (χ1v) is 10.8. The molecular weight excluding hydrogens is 484 g/mol. The highest BCUT2D eigenvalue weighted by atomic mass is 35.5. The second-order valence-electron chi connectivity index (χ2n) is 7.38. The molecule has 34 heavy (non-hydrogen) atoms. The fourth-order valence-corrected chi connectivity index (χ4v) is 4.21. The number of ketones is 1. The lowest BCUT2D eigenvalue weighted by Gasteiger charge is -2.25. The van der Waals surface area contributed by atoms with Crippen LogP contribution in [0.1, 0.15) is 17.2 Å². The minimum atomic E-state index is -1.05.